The largest absolute Gasteiger partial charge is 0.398 e. The lowest BCUT2D eigenvalue weighted by Crippen LogP contribution is -2.06. The summed E-state index contributed by atoms with van der Waals surface area (Å²) < 4.78 is 0.880. The third kappa shape index (κ3) is 2.32. The second kappa shape index (κ2) is 4.69. The first-order valence-electron chi connectivity index (χ1n) is 4.85. The molecule has 2 aromatic rings. The molecular weight excluding hydrogens is 277 g/mol. The van der Waals surface area contributed by atoms with Crippen LogP contribution >= 0.6 is 34.5 Å². The van der Waals surface area contributed by atoms with Crippen LogP contribution in [0.4, 0.5) is 5.69 Å². The molecule has 0 saturated heterocycles. The average Bonchev–Trinajstić information content (AvgIpc) is 2.61. The van der Waals surface area contributed by atoms with Crippen LogP contribution in [0.1, 0.15) is 21.5 Å². The van der Waals surface area contributed by atoms with Gasteiger partial charge in [0.15, 0.2) is 5.78 Å². The molecule has 0 aliphatic heterocycles. The van der Waals surface area contributed by atoms with Gasteiger partial charge in [-0.1, -0.05) is 35.3 Å². The minimum absolute atomic E-state index is 0.195. The Morgan fingerprint density at radius 3 is 2.59 bits per heavy atom. The van der Waals surface area contributed by atoms with Crippen LogP contribution < -0.4 is 5.73 Å². The van der Waals surface area contributed by atoms with Crippen LogP contribution in [-0.2, 0) is 0 Å². The van der Waals surface area contributed by atoms with Crippen LogP contribution in [0.2, 0.25) is 8.67 Å². The van der Waals surface area contributed by atoms with Gasteiger partial charge in [-0.25, -0.2) is 0 Å². The molecule has 88 valence electrons. The fourth-order valence-electron chi connectivity index (χ4n) is 1.52. The van der Waals surface area contributed by atoms with Crippen molar-refractivity contribution >= 4 is 46.0 Å². The molecular formula is C12H9Cl2NOS. The molecule has 2 N–H and O–H groups in total. The first-order valence-corrected chi connectivity index (χ1v) is 6.42. The van der Waals surface area contributed by atoms with Gasteiger partial charge in [-0.2, -0.15) is 0 Å². The van der Waals surface area contributed by atoms with Crippen molar-refractivity contribution in [1.29, 1.82) is 0 Å². The average molecular weight is 286 g/mol. The molecule has 1 aromatic heterocycles. The van der Waals surface area contributed by atoms with Crippen LogP contribution in [0.3, 0.4) is 0 Å². The maximum absolute atomic E-state index is 12.2. The van der Waals surface area contributed by atoms with Gasteiger partial charge in [-0.05, 0) is 24.6 Å². The minimum Gasteiger partial charge on any atom is -0.398 e. The van der Waals surface area contributed by atoms with Gasteiger partial charge < -0.3 is 5.73 Å². The quantitative estimate of drug-likeness (QED) is 0.665. The fraction of sp³-hybridized carbons (Fsp3) is 0.0833. The zero-order valence-electron chi connectivity index (χ0n) is 8.96. The zero-order chi connectivity index (χ0) is 12.6. The number of ketones is 1. The van der Waals surface area contributed by atoms with E-state index in [1.54, 1.807) is 18.2 Å². The Labute approximate surface area is 113 Å². The van der Waals surface area contributed by atoms with E-state index in [2.05, 4.69) is 0 Å². The molecule has 2 rings (SSSR count). The standard InChI is InChI=1S/C12H9Cl2NOS/c1-6-3-2-4-7(10(6)15)11(16)8-5-9(13)17-12(8)14/h2-5H,15H2,1H3. The predicted molar refractivity (Wildman–Crippen MR) is 73.4 cm³/mol. The summed E-state index contributed by atoms with van der Waals surface area (Å²) in [6.07, 6.45) is 0. The highest BCUT2D eigenvalue weighted by molar-refractivity contribution is 7.20. The molecule has 0 aliphatic carbocycles. The highest BCUT2D eigenvalue weighted by Gasteiger charge is 2.18. The number of benzene rings is 1. The topological polar surface area (TPSA) is 43.1 Å². The molecule has 5 heteroatoms. The Hall–Kier alpha value is -1.03. The number of aryl methyl sites for hydroxylation is 1. The van der Waals surface area contributed by atoms with Crippen LogP contribution in [0.25, 0.3) is 0 Å². The van der Waals surface area contributed by atoms with Crippen molar-refractivity contribution in [2.24, 2.45) is 0 Å². The number of carbonyl (C=O) groups excluding carboxylic acids is 1. The second-order valence-electron chi connectivity index (χ2n) is 3.60. The molecule has 0 atom stereocenters. The molecule has 0 spiro atoms. The summed E-state index contributed by atoms with van der Waals surface area (Å²) >= 11 is 12.9. The predicted octanol–water partition coefficient (Wildman–Crippen LogP) is 4.18. The van der Waals surface area contributed by atoms with Gasteiger partial charge in [0.05, 0.1) is 9.90 Å². The lowest BCUT2D eigenvalue weighted by molar-refractivity contribution is 0.104. The smallest absolute Gasteiger partial charge is 0.197 e. The molecule has 2 nitrogen and oxygen atoms in total. The summed E-state index contributed by atoms with van der Waals surface area (Å²) in [7, 11) is 0. The summed E-state index contributed by atoms with van der Waals surface area (Å²) in [5.74, 6) is -0.195. The van der Waals surface area contributed by atoms with E-state index >= 15 is 0 Å². The van der Waals surface area contributed by atoms with Crippen LogP contribution in [-0.4, -0.2) is 5.78 Å². The van der Waals surface area contributed by atoms with Gasteiger partial charge in [-0.15, -0.1) is 11.3 Å². The lowest BCUT2D eigenvalue weighted by Gasteiger charge is -2.06. The highest BCUT2D eigenvalue weighted by Crippen LogP contribution is 2.33. The van der Waals surface area contributed by atoms with E-state index in [1.807, 2.05) is 13.0 Å². The second-order valence-corrected chi connectivity index (χ2v) is 5.89. The van der Waals surface area contributed by atoms with E-state index in [0.29, 0.717) is 25.5 Å². The molecule has 1 aromatic carbocycles. The third-order valence-corrected chi connectivity index (χ3v) is 3.96. The monoisotopic (exact) mass is 285 g/mol. The molecule has 0 unspecified atom stereocenters. The minimum atomic E-state index is -0.195. The number of nitrogens with two attached hydrogens (primary N) is 1. The molecule has 0 amide bonds. The summed E-state index contributed by atoms with van der Waals surface area (Å²) in [5.41, 5.74) is 8.10. The van der Waals surface area contributed by atoms with E-state index in [9.17, 15) is 4.79 Å². The Kier molecular flexibility index (Phi) is 3.43. The third-order valence-electron chi connectivity index (χ3n) is 2.47. The molecule has 1 heterocycles. The molecule has 0 aliphatic rings. The number of carbonyl (C=O) groups is 1. The SMILES string of the molecule is Cc1cccc(C(=O)c2cc(Cl)sc2Cl)c1N. The summed E-state index contributed by atoms with van der Waals surface area (Å²) in [6, 6.07) is 6.90. The molecule has 0 saturated carbocycles. The summed E-state index contributed by atoms with van der Waals surface area (Å²) in [6.45, 7) is 1.86. The van der Waals surface area contributed by atoms with Crippen molar-refractivity contribution in [2.75, 3.05) is 5.73 Å². The van der Waals surface area contributed by atoms with Crippen molar-refractivity contribution in [1.82, 2.24) is 0 Å². The number of para-hydroxylation sites is 1. The Morgan fingerprint density at radius 2 is 2.00 bits per heavy atom. The maximum Gasteiger partial charge on any atom is 0.197 e. The van der Waals surface area contributed by atoms with E-state index < -0.39 is 0 Å². The Morgan fingerprint density at radius 1 is 1.29 bits per heavy atom. The van der Waals surface area contributed by atoms with Crippen molar-refractivity contribution in [3.63, 3.8) is 0 Å². The molecule has 0 bridgehead atoms. The van der Waals surface area contributed by atoms with Crippen LogP contribution in [0, 0.1) is 6.92 Å². The lowest BCUT2D eigenvalue weighted by atomic mass is 10.0. The number of hydrogen-bond acceptors (Lipinski definition) is 3. The number of nitrogen functional groups attached to an aromatic ring is 1. The number of anilines is 1. The van der Waals surface area contributed by atoms with Gasteiger partial charge in [-0.3, -0.25) is 4.79 Å². The van der Waals surface area contributed by atoms with E-state index in [0.717, 1.165) is 5.56 Å². The van der Waals surface area contributed by atoms with Crippen LogP contribution in [0.15, 0.2) is 24.3 Å². The van der Waals surface area contributed by atoms with Gasteiger partial charge >= 0.3 is 0 Å². The van der Waals surface area contributed by atoms with Gasteiger partial charge in [0, 0.05) is 11.3 Å². The fourth-order valence-corrected chi connectivity index (χ4v) is 2.98. The molecule has 0 radical (unpaired) electrons. The first kappa shape index (κ1) is 12.4. The Bertz CT molecular complexity index is 592. The highest BCUT2D eigenvalue weighted by atomic mass is 35.5. The van der Waals surface area contributed by atoms with Gasteiger partial charge in [0.2, 0.25) is 0 Å². The van der Waals surface area contributed by atoms with E-state index in [-0.39, 0.29) is 5.78 Å². The normalized spacial score (nSPS) is 10.5. The van der Waals surface area contributed by atoms with E-state index in [4.69, 9.17) is 28.9 Å². The zero-order valence-corrected chi connectivity index (χ0v) is 11.3. The summed E-state index contributed by atoms with van der Waals surface area (Å²) in [5, 5.41) is 0. The number of rotatable bonds is 2. The van der Waals surface area contributed by atoms with Crippen molar-refractivity contribution < 1.29 is 4.79 Å². The summed E-state index contributed by atoms with van der Waals surface area (Å²) in [4.78, 5) is 12.2. The number of halogens is 2. The van der Waals surface area contributed by atoms with Gasteiger partial charge in [0.25, 0.3) is 0 Å². The van der Waals surface area contributed by atoms with Crippen molar-refractivity contribution in [2.45, 2.75) is 6.92 Å². The number of hydrogen-bond donors (Lipinski definition) is 1. The maximum atomic E-state index is 12.2. The molecule has 17 heavy (non-hydrogen) atoms. The molecule has 0 fully saturated rings. The number of thiophene rings is 1. The van der Waals surface area contributed by atoms with Gasteiger partial charge in [0.1, 0.15) is 4.34 Å². The van der Waals surface area contributed by atoms with Crippen molar-refractivity contribution in [3.05, 3.63) is 49.6 Å². The first-order chi connectivity index (χ1) is 8.00. The Balaban J connectivity index is 2.51. The van der Waals surface area contributed by atoms with Crippen LogP contribution in [0.5, 0.6) is 0 Å². The van der Waals surface area contributed by atoms with Crippen molar-refractivity contribution in [3.8, 4) is 0 Å². The van der Waals surface area contributed by atoms with E-state index in [1.165, 1.54) is 11.3 Å².